The number of benzene rings is 2. The summed E-state index contributed by atoms with van der Waals surface area (Å²) in [5, 5.41) is 12.2. The van der Waals surface area contributed by atoms with Crippen molar-refractivity contribution >= 4 is 28.3 Å². The van der Waals surface area contributed by atoms with E-state index in [4.69, 9.17) is 4.74 Å². The van der Waals surface area contributed by atoms with Crippen LogP contribution < -0.4 is 10.1 Å². The number of methoxy groups -OCH3 is 1. The minimum absolute atomic E-state index is 0.000374. The van der Waals surface area contributed by atoms with Gasteiger partial charge in [-0.2, -0.15) is 0 Å². The average molecular weight is 453 g/mol. The van der Waals surface area contributed by atoms with E-state index in [0.29, 0.717) is 11.7 Å². The number of rotatable bonds is 10. The van der Waals surface area contributed by atoms with Crippen LogP contribution >= 0.6 is 11.3 Å². The highest BCUT2D eigenvalue weighted by Crippen LogP contribution is 2.26. The third-order valence-electron chi connectivity index (χ3n) is 5.23. The van der Waals surface area contributed by atoms with Crippen LogP contribution in [-0.2, 0) is 16.0 Å². The minimum Gasteiger partial charge on any atom is -0.497 e. The highest BCUT2D eigenvalue weighted by atomic mass is 32.1. The van der Waals surface area contributed by atoms with Gasteiger partial charge in [-0.1, -0.05) is 60.7 Å². The lowest BCUT2D eigenvalue weighted by Gasteiger charge is -2.28. The van der Waals surface area contributed by atoms with Gasteiger partial charge in [0.1, 0.15) is 10.8 Å². The zero-order chi connectivity index (χ0) is 22.9. The summed E-state index contributed by atoms with van der Waals surface area (Å²) in [6.45, 7) is 4.38. The number of amides is 2. The second-order valence-corrected chi connectivity index (χ2v) is 8.42. The summed E-state index contributed by atoms with van der Waals surface area (Å²) >= 11 is 1.33. The second kappa shape index (κ2) is 11.4. The highest BCUT2D eigenvalue weighted by Gasteiger charge is 2.20. The van der Waals surface area contributed by atoms with E-state index in [0.717, 1.165) is 28.3 Å². The van der Waals surface area contributed by atoms with Crippen LogP contribution in [0.4, 0.5) is 5.13 Å². The molecule has 1 aromatic heterocycles. The second-order valence-electron chi connectivity index (χ2n) is 7.45. The van der Waals surface area contributed by atoms with Gasteiger partial charge < -0.3 is 15.0 Å². The lowest BCUT2D eigenvalue weighted by molar-refractivity contribution is -0.133. The van der Waals surface area contributed by atoms with E-state index in [1.807, 2.05) is 68.4 Å². The molecule has 1 N–H and O–H groups in total. The number of carbonyl (C=O) groups is 2. The Morgan fingerprint density at radius 1 is 1.09 bits per heavy atom. The van der Waals surface area contributed by atoms with Gasteiger partial charge in [0.05, 0.1) is 13.5 Å². The fraction of sp³-hybridized carbons (Fsp3) is 0.333. The first kappa shape index (κ1) is 23.4. The summed E-state index contributed by atoms with van der Waals surface area (Å²) in [6.07, 6.45) is 1.29. The van der Waals surface area contributed by atoms with Crippen LogP contribution in [0.25, 0.3) is 10.6 Å². The molecule has 168 valence electrons. The average Bonchev–Trinajstić information content (AvgIpc) is 3.28. The number of anilines is 1. The van der Waals surface area contributed by atoms with Crippen molar-refractivity contribution in [2.75, 3.05) is 19.0 Å². The maximum atomic E-state index is 12.9. The van der Waals surface area contributed by atoms with Crippen LogP contribution in [0.15, 0.2) is 54.6 Å². The maximum Gasteiger partial charge on any atom is 0.227 e. The molecule has 3 aromatic rings. The van der Waals surface area contributed by atoms with Crippen LogP contribution in [0.2, 0.25) is 0 Å². The van der Waals surface area contributed by atoms with E-state index in [1.54, 1.807) is 12.0 Å². The van der Waals surface area contributed by atoms with Crippen LogP contribution in [0.1, 0.15) is 32.3 Å². The Balaban J connectivity index is 1.56. The van der Waals surface area contributed by atoms with Gasteiger partial charge >= 0.3 is 0 Å². The van der Waals surface area contributed by atoms with Crippen molar-refractivity contribution in [1.82, 2.24) is 15.1 Å². The summed E-state index contributed by atoms with van der Waals surface area (Å²) in [7, 11) is 1.61. The van der Waals surface area contributed by atoms with Crippen LogP contribution in [0.3, 0.4) is 0 Å². The first-order chi connectivity index (χ1) is 15.5. The van der Waals surface area contributed by atoms with Crippen molar-refractivity contribution in [1.29, 1.82) is 0 Å². The maximum absolute atomic E-state index is 12.9. The summed E-state index contributed by atoms with van der Waals surface area (Å²) in [6, 6.07) is 17.2. The zero-order valence-electron chi connectivity index (χ0n) is 18.6. The molecule has 1 atom stereocenters. The zero-order valence-corrected chi connectivity index (χ0v) is 19.4. The van der Waals surface area contributed by atoms with Crippen molar-refractivity contribution in [3.8, 4) is 16.3 Å². The van der Waals surface area contributed by atoms with Gasteiger partial charge in [-0.25, -0.2) is 0 Å². The molecule has 1 heterocycles. The molecule has 0 aliphatic carbocycles. The molecule has 7 nitrogen and oxygen atoms in total. The van der Waals surface area contributed by atoms with E-state index in [1.165, 1.54) is 11.3 Å². The molecule has 8 heteroatoms. The van der Waals surface area contributed by atoms with Gasteiger partial charge in [-0.15, -0.1) is 10.2 Å². The van der Waals surface area contributed by atoms with E-state index < -0.39 is 0 Å². The Morgan fingerprint density at radius 3 is 2.47 bits per heavy atom. The Bertz CT molecular complexity index is 1020. The Morgan fingerprint density at radius 2 is 1.81 bits per heavy atom. The van der Waals surface area contributed by atoms with Gasteiger partial charge in [0, 0.05) is 24.6 Å². The number of nitrogens with one attached hydrogen (secondary N) is 1. The molecule has 0 aliphatic heterocycles. The van der Waals surface area contributed by atoms with Crippen molar-refractivity contribution in [3.05, 3.63) is 60.2 Å². The van der Waals surface area contributed by atoms with Crippen LogP contribution in [0.5, 0.6) is 5.75 Å². The molecule has 0 radical (unpaired) electrons. The SMILES string of the molecule is CCC(C)N(CCC(=O)Nc1nnc(-c2ccccc2)s1)C(=O)Cc1ccc(OC)cc1. The third-order valence-corrected chi connectivity index (χ3v) is 6.12. The van der Waals surface area contributed by atoms with Gasteiger partial charge in [-0.3, -0.25) is 9.59 Å². The summed E-state index contributed by atoms with van der Waals surface area (Å²) < 4.78 is 5.17. The van der Waals surface area contributed by atoms with Gasteiger partial charge in [-0.05, 0) is 31.0 Å². The smallest absolute Gasteiger partial charge is 0.227 e. The Hall–Kier alpha value is -3.26. The molecule has 32 heavy (non-hydrogen) atoms. The predicted molar refractivity (Wildman–Crippen MR) is 127 cm³/mol. The largest absolute Gasteiger partial charge is 0.497 e. The lowest BCUT2D eigenvalue weighted by atomic mass is 10.1. The molecule has 1 unspecified atom stereocenters. The summed E-state index contributed by atoms with van der Waals surface area (Å²) in [4.78, 5) is 27.2. The molecule has 2 amide bonds. The van der Waals surface area contributed by atoms with E-state index in [9.17, 15) is 9.59 Å². The Kier molecular flexibility index (Phi) is 8.33. The highest BCUT2D eigenvalue weighted by molar-refractivity contribution is 7.18. The molecule has 0 bridgehead atoms. The lowest BCUT2D eigenvalue weighted by Crippen LogP contribution is -2.41. The molecular formula is C24H28N4O3S. The molecule has 0 spiro atoms. The quantitative estimate of drug-likeness (QED) is 0.492. The van der Waals surface area contributed by atoms with Gasteiger partial charge in [0.2, 0.25) is 16.9 Å². The number of carbonyl (C=O) groups excluding carboxylic acids is 2. The van der Waals surface area contributed by atoms with Crippen molar-refractivity contribution in [2.45, 2.75) is 39.2 Å². The van der Waals surface area contributed by atoms with Gasteiger partial charge in [0.25, 0.3) is 0 Å². The monoisotopic (exact) mass is 452 g/mol. The van der Waals surface area contributed by atoms with Gasteiger partial charge in [0.15, 0.2) is 0 Å². The molecule has 0 aliphatic rings. The molecule has 0 saturated carbocycles. The van der Waals surface area contributed by atoms with Crippen LogP contribution in [0, 0.1) is 0 Å². The summed E-state index contributed by atoms with van der Waals surface area (Å²) in [5.41, 5.74) is 1.87. The normalized spacial score (nSPS) is 11.6. The molecule has 3 rings (SSSR count). The van der Waals surface area contributed by atoms with Crippen molar-refractivity contribution in [2.24, 2.45) is 0 Å². The minimum atomic E-state index is -0.189. The van der Waals surface area contributed by atoms with Crippen molar-refractivity contribution in [3.63, 3.8) is 0 Å². The number of hydrogen-bond acceptors (Lipinski definition) is 6. The van der Waals surface area contributed by atoms with E-state index in [-0.39, 0.29) is 30.7 Å². The Labute approximate surface area is 192 Å². The predicted octanol–water partition coefficient (Wildman–Crippen LogP) is 4.41. The molecule has 0 fully saturated rings. The van der Waals surface area contributed by atoms with E-state index in [2.05, 4.69) is 15.5 Å². The number of nitrogens with zero attached hydrogens (tertiary/aromatic N) is 3. The third kappa shape index (κ3) is 6.37. The molecule has 0 saturated heterocycles. The van der Waals surface area contributed by atoms with Crippen LogP contribution in [-0.4, -0.2) is 46.6 Å². The first-order valence-corrected chi connectivity index (χ1v) is 11.4. The fourth-order valence-electron chi connectivity index (χ4n) is 3.21. The van der Waals surface area contributed by atoms with Crippen molar-refractivity contribution < 1.29 is 14.3 Å². The number of ether oxygens (including phenoxy) is 1. The van der Waals surface area contributed by atoms with E-state index >= 15 is 0 Å². The molecule has 2 aromatic carbocycles. The first-order valence-electron chi connectivity index (χ1n) is 10.6. The standard InChI is InChI=1S/C24H28N4O3S/c1-4-17(2)28(22(30)16-18-10-12-20(31-3)13-11-18)15-14-21(29)25-24-27-26-23(32-24)19-8-6-5-7-9-19/h5-13,17H,4,14-16H2,1-3H3,(H,25,27,29). The fourth-order valence-corrected chi connectivity index (χ4v) is 3.97. The summed E-state index contributed by atoms with van der Waals surface area (Å²) in [5.74, 6) is 0.564. The topological polar surface area (TPSA) is 84.4 Å². The number of aromatic nitrogens is 2. The molecular weight excluding hydrogens is 424 g/mol. The number of hydrogen-bond donors (Lipinski definition) is 1.